The molecule has 4 aromatic rings. The molecule has 2 heterocycles. The van der Waals surface area contributed by atoms with Crippen molar-refractivity contribution in [1.29, 1.82) is 0 Å². The first kappa shape index (κ1) is 25.4. The lowest BCUT2D eigenvalue weighted by Crippen LogP contribution is -2.59. The number of benzene rings is 3. The Kier molecular flexibility index (Phi) is 6.64. The summed E-state index contributed by atoms with van der Waals surface area (Å²) in [5.74, 6) is 0. The quantitative estimate of drug-likeness (QED) is 0.381. The lowest BCUT2D eigenvalue weighted by atomic mass is 9.89. The van der Waals surface area contributed by atoms with Gasteiger partial charge < -0.3 is 9.54 Å². The summed E-state index contributed by atoms with van der Waals surface area (Å²) in [7, 11) is -3.92. The number of aromatic nitrogens is 1. The molecule has 0 unspecified atom stereocenters. The molecule has 36 heavy (non-hydrogen) atoms. The maximum absolute atomic E-state index is 13.2. The van der Waals surface area contributed by atoms with E-state index in [-0.39, 0.29) is 0 Å². The number of para-hydroxylation sites is 2. The van der Waals surface area contributed by atoms with Crippen LogP contribution in [0.1, 0.15) is 33.4 Å². The van der Waals surface area contributed by atoms with E-state index in [9.17, 15) is 13.2 Å². The van der Waals surface area contributed by atoms with Crippen LogP contribution in [0.4, 0.5) is 18.9 Å². The van der Waals surface area contributed by atoms with Gasteiger partial charge in [-0.2, -0.15) is 13.2 Å². The minimum absolute atomic E-state index is 0.604. The Balaban J connectivity index is 0.000000556. The van der Waals surface area contributed by atoms with Crippen LogP contribution in [0, 0.1) is 13.8 Å². The molecular weight excluding hydrogens is 489 g/mol. The SMILES string of the molecule is CS(=O)(=O)[O-].Cc1cccc2c1[NH+]=CC2=C(c1ccc(C(F)(F)F)cc1)c1c[nH]c2c(C)cccc12. The molecule has 186 valence electrons. The number of H-pyrrole nitrogens is 1. The Morgan fingerprint density at radius 1 is 0.944 bits per heavy atom. The van der Waals surface area contributed by atoms with Gasteiger partial charge in [0.05, 0.1) is 26.8 Å². The van der Waals surface area contributed by atoms with Gasteiger partial charge >= 0.3 is 6.18 Å². The molecule has 2 N–H and O–H groups in total. The second kappa shape index (κ2) is 9.40. The van der Waals surface area contributed by atoms with Gasteiger partial charge in [-0.25, -0.2) is 13.4 Å². The fraction of sp³-hybridized carbons (Fsp3) is 0.148. The second-order valence-corrected chi connectivity index (χ2v) is 9.96. The zero-order chi connectivity index (χ0) is 26.3. The van der Waals surface area contributed by atoms with Crippen LogP contribution in [0.15, 0.2) is 66.9 Å². The van der Waals surface area contributed by atoms with Gasteiger partial charge in [0.25, 0.3) is 0 Å². The molecule has 0 fully saturated rings. The first-order valence-electron chi connectivity index (χ1n) is 10.9. The lowest BCUT2D eigenvalue weighted by Gasteiger charge is -2.13. The Labute approximate surface area is 206 Å². The van der Waals surface area contributed by atoms with E-state index in [1.807, 2.05) is 62.7 Å². The first-order chi connectivity index (χ1) is 16.8. The monoisotopic (exact) mass is 512 g/mol. The molecule has 3 aromatic carbocycles. The lowest BCUT2D eigenvalue weighted by molar-refractivity contribution is -0.343. The van der Waals surface area contributed by atoms with Crippen molar-refractivity contribution in [2.24, 2.45) is 0 Å². The first-order valence-corrected chi connectivity index (χ1v) is 12.8. The fourth-order valence-electron chi connectivity index (χ4n) is 4.31. The van der Waals surface area contributed by atoms with Crippen molar-refractivity contribution in [1.82, 2.24) is 4.98 Å². The third-order valence-corrected chi connectivity index (χ3v) is 5.89. The normalized spacial score (nSPS) is 14.4. The molecule has 5 rings (SSSR count). The largest absolute Gasteiger partial charge is 0.748 e. The summed E-state index contributed by atoms with van der Waals surface area (Å²) in [5, 5.41) is 1.04. The van der Waals surface area contributed by atoms with Gasteiger partial charge in [-0.1, -0.05) is 42.5 Å². The van der Waals surface area contributed by atoms with Gasteiger partial charge in [0.15, 0.2) is 6.21 Å². The summed E-state index contributed by atoms with van der Waals surface area (Å²) >= 11 is 0. The Morgan fingerprint density at radius 3 is 2.19 bits per heavy atom. The van der Waals surface area contributed by atoms with Crippen molar-refractivity contribution in [3.63, 3.8) is 0 Å². The molecule has 1 aromatic heterocycles. The molecule has 1 aliphatic heterocycles. The van der Waals surface area contributed by atoms with E-state index in [1.54, 1.807) is 12.1 Å². The number of alkyl halides is 3. The van der Waals surface area contributed by atoms with E-state index < -0.39 is 21.9 Å². The minimum atomic E-state index is -4.37. The van der Waals surface area contributed by atoms with Crippen molar-refractivity contribution in [2.45, 2.75) is 20.0 Å². The summed E-state index contributed by atoms with van der Waals surface area (Å²) in [6.07, 6.45) is 0.125. The molecule has 0 saturated carbocycles. The van der Waals surface area contributed by atoms with Crippen LogP contribution in [-0.2, 0) is 16.3 Å². The standard InChI is InChI=1S/C26H19F3N2.CH4O3S/c1-15-5-3-7-19-21(13-30-24(15)19)23(17-9-11-18(12-10-17)26(27,28)29)22-14-31-25-16(2)6-4-8-20(22)25;1-5(2,3)4/h3-14,30H,1-2H3;1H3,(H,2,3,4). The van der Waals surface area contributed by atoms with E-state index in [0.717, 1.165) is 67.7 Å². The van der Waals surface area contributed by atoms with E-state index >= 15 is 0 Å². The van der Waals surface area contributed by atoms with Crippen molar-refractivity contribution in [3.05, 3.63) is 100 Å². The highest BCUT2D eigenvalue weighted by atomic mass is 32.2. The second-order valence-electron chi connectivity index (χ2n) is 8.55. The summed E-state index contributed by atoms with van der Waals surface area (Å²) < 4.78 is 66.7. The Hall–Kier alpha value is -3.69. The van der Waals surface area contributed by atoms with Gasteiger partial charge in [0.1, 0.15) is 0 Å². The van der Waals surface area contributed by atoms with Gasteiger partial charge in [-0.15, -0.1) is 0 Å². The number of aryl methyl sites for hydroxylation is 2. The van der Waals surface area contributed by atoms with Gasteiger partial charge in [0.2, 0.25) is 5.69 Å². The van der Waals surface area contributed by atoms with Crippen molar-refractivity contribution < 1.29 is 31.1 Å². The van der Waals surface area contributed by atoms with Gasteiger partial charge in [0, 0.05) is 40.1 Å². The van der Waals surface area contributed by atoms with Crippen LogP contribution < -0.4 is 4.99 Å². The smallest absolute Gasteiger partial charge is 0.416 e. The summed E-state index contributed by atoms with van der Waals surface area (Å²) in [6.45, 7) is 4.07. The number of aromatic amines is 1. The molecule has 1 aliphatic rings. The maximum Gasteiger partial charge on any atom is 0.416 e. The van der Waals surface area contributed by atoms with Crippen LogP contribution in [-0.4, -0.2) is 30.4 Å². The zero-order valence-electron chi connectivity index (χ0n) is 19.7. The third-order valence-electron chi connectivity index (χ3n) is 5.89. The predicted octanol–water partition coefficient (Wildman–Crippen LogP) is 4.72. The average Bonchev–Trinajstić information content (AvgIpc) is 3.40. The molecule has 9 heteroatoms. The van der Waals surface area contributed by atoms with E-state index in [1.165, 1.54) is 0 Å². The van der Waals surface area contributed by atoms with E-state index in [0.29, 0.717) is 6.26 Å². The van der Waals surface area contributed by atoms with Crippen LogP contribution in [0.3, 0.4) is 0 Å². The Morgan fingerprint density at radius 2 is 1.56 bits per heavy atom. The van der Waals surface area contributed by atoms with Gasteiger partial charge in [-0.3, -0.25) is 0 Å². The van der Waals surface area contributed by atoms with Crippen LogP contribution >= 0.6 is 0 Å². The molecule has 0 atom stereocenters. The highest BCUT2D eigenvalue weighted by molar-refractivity contribution is 7.84. The van der Waals surface area contributed by atoms with Crippen LogP contribution in [0.2, 0.25) is 0 Å². The number of hydrogen-bond donors (Lipinski definition) is 2. The van der Waals surface area contributed by atoms with Crippen LogP contribution in [0.5, 0.6) is 0 Å². The molecule has 0 amide bonds. The molecule has 0 saturated heterocycles. The molecule has 0 aliphatic carbocycles. The molecular formula is C27H23F3N2O3S. The fourth-order valence-corrected chi connectivity index (χ4v) is 4.31. The highest BCUT2D eigenvalue weighted by Gasteiger charge is 2.31. The number of fused-ring (bicyclic) bond motifs is 2. The number of hydrogen-bond acceptors (Lipinski definition) is 3. The van der Waals surface area contributed by atoms with Crippen molar-refractivity contribution in [3.8, 4) is 0 Å². The molecule has 0 radical (unpaired) electrons. The van der Waals surface area contributed by atoms with Crippen molar-refractivity contribution in [2.75, 3.05) is 6.26 Å². The van der Waals surface area contributed by atoms with E-state index in [2.05, 4.69) is 9.98 Å². The molecule has 5 nitrogen and oxygen atoms in total. The molecule has 0 bridgehead atoms. The third kappa shape index (κ3) is 5.27. The minimum Gasteiger partial charge on any atom is -0.748 e. The summed E-state index contributed by atoms with van der Waals surface area (Å²) in [6, 6.07) is 17.6. The van der Waals surface area contributed by atoms with Crippen LogP contribution in [0.25, 0.3) is 22.0 Å². The van der Waals surface area contributed by atoms with Gasteiger partial charge in [-0.05, 0) is 43.2 Å². The summed E-state index contributed by atoms with van der Waals surface area (Å²) in [4.78, 5) is 6.71. The topological polar surface area (TPSA) is 87.0 Å². The number of nitrogens with one attached hydrogen (secondary N) is 2. The predicted molar refractivity (Wildman–Crippen MR) is 134 cm³/mol. The number of halogens is 3. The zero-order valence-corrected chi connectivity index (χ0v) is 20.5. The number of allylic oxidation sites excluding steroid dienone is 1. The molecule has 0 spiro atoms. The van der Waals surface area contributed by atoms with Crippen molar-refractivity contribution >= 4 is 44.1 Å². The van der Waals surface area contributed by atoms with E-state index in [4.69, 9.17) is 13.0 Å². The summed E-state index contributed by atoms with van der Waals surface area (Å²) in [5.41, 5.74) is 8.21. The average molecular weight is 513 g/mol. The highest BCUT2D eigenvalue weighted by Crippen LogP contribution is 2.39. The Bertz CT molecular complexity index is 1610. The number of rotatable bonds is 2. The maximum atomic E-state index is 13.2.